The van der Waals surface area contributed by atoms with Crippen LogP contribution in [0, 0.1) is 0 Å². The summed E-state index contributed by atoms with van der Waals surface area (Å²) < 4.78 is 4.47. The van der Waals surface area contributed by atoms with Gasteiger partial charge in [-0.15, -0.1) is 0 Å². The Kier molecular flexibility index (Phi) is 19.9. The molecule has 0 aromatic carbocycles. The molecule has 5 heteroatoms. The zero-order valence-electron chi connectivity index (χ0n) is 17.2. The lowest BCUT2D eigenvalue weighted by Crippen LogP contribution is -2.01. The van der Waals surface area contributed by atoms with Crippen LogP contribution in [-0.2, 0) is 14.5 Å². The minimum absolute atomic E-state index is 0.148. The monoisotopic (exact) mass is 374 g/mol. The highest BCUT2D eigenvalue weighted by Crippen LogP contribution is 2.16. The molecule has 0 aromatic rings. The zero-order valence-corrected chi connectivity index (χ0v) is 17.2. The van der Waals surface area contributed by atoms with Crippen molar-refractivity contribution >= 4 is 6.16 Å². The number of hydrogen-bond donors (Lipinski definition) is 1. The zero-order chi connectivity index (χ0) is 19.3. The van der Waals surface area contributed by atoms with Crippen molar-refractivity contribution in [1.82, 2.24) is 0 Å². The lowest BCUT2D eigenvalue weighted by Gasteiger charge is -2.03. The van der Waals surface area contributed by atoms with Gasteiger partial charge in [0.2, 0.25) is 6.29 Å². The molecule has 0 radical (unpaired) electrons. The molecule has 1 heterocycles. The molecule has 1 saturated heterocycles. The maximum Gasteiger partial charge on any atom is 0.505 e. The molecule has 0 unspecified atom stereocenters. The number of hydrogen-bond acceptors (Lipinski definition) is 4. The molecule has 1 aliphatic rings. The summed E-state index contributed by atoms with van der Waals surface area (Å²) in [5.41, 5.74) is 0. The molecule has 26 heavy (non-hydrogen) atoms. The molecule has 0 saturated carbocycles. The SMILES string of the molecule is CCCC1OO1.CCCCCCCCCCCCCCCCOC(=O)O. The number of carbonyl (C=O) groups is 1. The van der Waals surface area contributed by atoms with Gasteiger partial charge in [0.1, 0.15) is 0 Å². The molecule has 0 atom stereocenters. The first-order valence-electron chi connectivity index (χ1n) is 10.9. The molecule has 156 valence electrons. The van der Waals surface area contributed by atoms with Crippen LogP contribution in [0.25, 0.3) is 0 Å². The highest BCUT2D eigenvalue weighted by Gasteiger charge is 2.23. The van der Waals surface area contributed by atoms with Crippen LogP contribution in [0.3, 0.4) is 0 Å². The third-order valence-electron chi connectivity index (χ3n) is 4.48. The predicted octanol–water partition coefficient (Wildman–Crippen LogP) is 7.24. The summed E-state index contributed by atoms with van der Waals surface area (Å²) in [6.45, 7) is 4.72. The molecule has 0 aromatic heterocycles. The molecule has 1 fully saturated rings. The maximum absolute atomic E-state index is 10.1. The maximum atomic E-state index is 10.1. The van der Waals surface area contributed by atoms with E-state index in [9.17, 15) is 4.79 Å². The third kappa shape index (κ3) is 23.2. The number of carboxylic acid groups (broad SMARTS) is 1. The van der Waals surface area contributed by atoms with Crippen LogP contribution in [0.1, 0.15) is 117 Å². The molecular weight excluding hydrogens is 332 g/mol. The van der Waals surface area contributed by atoms with Crippen molar-refractivity contribution in [3.05, 3.63) is 0 Å². The van der Waals surface area contributed by atoms with Gasteiger partial charge in [0, 0.05) is 6.42 Å². The van der Waals surface area contributed by atoms with Crippen LogP contribution in [0.2, 0.25) is 0 Å². The minimum Gasteiger partial charge on any atom is -0.450 e. The Balaban J connectivity index is 0.000000867. The van der Waals surface area contributed by atoms with E-state index in [1.807, 2.05) is 0 Å². The van der Waals surface area contributed by atoms with E-state index >= 15 is 0 Å². The van der Waals surface area contributed by atoms with Crippen molar-refractivity contribution in [2.24, 2.45) is 0 Å². The Morgan fingerprint density at radius 2 is 1.15 bits per heavy atom. The van der Waals surface area contributed by atoms with Gasteiger partial charge in [-0.2, -0.15) is 9.78 Å². The molecule has 0 amide bonds. The van der Waals surface area contributed by atoms with E-state index in [1.54, 1.807) is 0 Å². The van der Waals surface area contributed by atoms with E-state index in [-0.39, 0.29) is 6.29 Å². The average Bonchev–Trinajstić information content (AvgIpc) is 3.43. The van der Waals surface area contributed by atoms with Crippen LogP contribution >= 0.6 is 0 Å². The van der Waals surface area contributed by atoms with E-state index in [0.29, 0.717) is 6.61 Å². The fourth-order valence-corrected chi connectivity index (χ4v) is 2.83. The van der Waals surface area contributed by atoms with Gasteiger partial charge in [-0.1, -0.05) is 104 Å². The van der Waals surface area contributed by atoms with Gasteiger partial charge in [-0.3, -0.25) is 0 Å². The van der Waals surface area contributed by atoms with Crippen molar-refractivity contribution in [3.8, 4) is 0 Å². The molecule has 0 spiro atoms. The molecular formula is C21H42O5. The first-order chi connectivity index (χ1) is 12.7. The van der Waals surface area contributed by atoms with E-state index in [2.05, 4.69) is 28.4 Å². The molecule has 1 N–H and O–H groups in total. The van der Waals surface area contributed by atoms with Gasteiger partial charge < -0.3 is 9.84 Å². The summed E-state index contributed by atoms with van der Waals surface area (Å²) in [6.07, 6.45) is 19.5. The largest absolute Gasteiger partial charge is 0.505 e. The van der Waals surface area contributed by atoms with E-state index in [4.69, 9.17) is 5.11 Å². The van der Waals surface area contributed by atoms with Gasteiger partial charge >= 0.3 is 6.16 Å². The van der Waals surface area contributed by atoms with Gasteiger partial charge in [0.25, 0.3) is 0 Å². The van der Waals surface area contributed by atoms with Crippen LogP contribution < -0.4 is 0 Å². The average molecular weight is 375 g/mol. The standard InChI is InChI=1S/C17H34O3.C4H8O2/c1-2-3-4-5-6-7-8-9-10-11-12-13-14-15-16-20-17(18)19;1-2-3-4-5-6-4/h2-16H2,1H3,(H,18,19);4H,2-3H2,1H3. The van der Waals surface area contributed by atoms with Crippen molar-refractivity contribution in [2.75, 3.05) is 6.61 Å². The second kappa shape index (κ2) is 20.5. The first-order valence-corrected chi connectivity index (χ1v) is 10.9. The number of rotatable bonds is 17. The van der Waals surface area contributed by atoms with Crippen LogP contribution in [-0.4, -0.2) is 24.2 Å². The van der Waals surface area contributed by atoms with Gasteiger partial charge in [-0.05, 0) is 6.42 Å². The Labute approximate surface area is 160 Å². The summed E-state index contributed by atoms with van der Waals surface area (Å²) in [5.74, 6) is 0. The summed E-state index contributed by atoms with van der Waals surface area (Å²) in [7, 11) is 0. The molecule has 0 bridgehead atoms. The van der Waals surface area contributed by atoms with Crippen molar-refractivity contribution in [3.63, 3.8) is 0 Å². The molecule has 0 aliphatic carbocycles. The van der Waals surface area contributed by atoms with Crippen LogP contribution in [0.5, 0.6) is 0 Å². The highest BCUT2D eigenvalue weighted by atomic mass is 17.4. The lowest BCUT2D eigenvalue weighted by molar-refractivity contribution is 0.0850. The van der Waals surface area contributed by atoms with Crippen molar-refractivity contribution in [2.45, 2.75) is 123 Å². The first kappa shape index (κ1) is 25.2. The number of ether oxygens (including phenoxy) is 1. The normalized spacial score (nSPS) is 13.2. The Bertz CT molecular complexity index is 292. The Morgan fingerprint density at radius 3 is 1.46 bits per heavy atom. The summed E-state index contributed by atoms with van der Waals surface area (Å²) in [5, 5.41) is 8.30. The molecule has 1 rings (SSSR count). The molecule has 1 aliphatic heterocycles. The van der Waals surface area contributed by atoms with E-state index in [0.717, 1.165) is 25.7 Å². The summed E-state index contributed by atoms with van der Waals surface area (Å²) in [6, 6.07) is 0. The van der Waals surface area contributed by atoms with E-state index in [1.165, 1.54) is 77.0 Å². The van der Waals surface area contributed by atoms with Crippen LogP contribution in [0.4, 0.5) is 4.79 Å². The molecule has 5 nitrogen and oxygen atoms in total. The minimum atomic E-state index is -1.15. The Hall–Kier alpha value is -0.810. The van der Waals surface area contributed by atoms with Gasteiger partial charge in [-0.25, -0.2) is 4.79 Å². The van der Waals surface area contributed by atoms with Crippen molar-refractivity contribution < 1.29 is 24.4 Å². The van der Waals surface area contributed by atoms with Gasteiger partial charge in [0.15, 0.2) is 0 Å². The fraction of sp³-hybridized carbons (Fsp3) is 0.952. The number of unbranched alkanes of at least 4 members (excludes halogenated alkanes) is 13. The second-order valence-electron chi connectivity index (χ2n) is 7.12. The second-order valence-corrected chi connectivity index (χ2v) is 7.12. The summed E-state index contributed by atoms with van der Waals surface area (Å²) in [4.78, 5) is 19.0. The lowest BCUT2D eigenvalue weighted by atomic mass is 10.0. The van der Waals surface area contributed by atoms with Gasteiger partial charge in [0.05, 0.1) is 6.61 Å². The summed E-state index contributed by atoms with van der Waals surface area (Å²) >= 11 is 0. The smallest absolute Gasteiger partial charge is 0.450 e. The topological polar surface area (TPSA) is 71.6 Å². The van der Waals surface area contributed by atoms with E-state index < -0.39 is 6.16 Å². The van der Waals surface area contributed by atoms with Crippen LogP contribution in [0.15, 0.2) is 0 Å². The van der Waals surface area contributed by atoms with Crippen molar-refractivity contribution in [1.29, 1.82) is 0 Å². The fourth-order valence-electron chi connectivity index (χ4n) is 2.83. The third-order valence-corrected chi connectivity index (χ3v) is 4.48. The Morgan fingerprint density at radius 1 is 0.731 bits per heavy atom. The predicted molar refractivity (Wildman–Crippen MR) is 105 cm³/mol. The quantitative estimate of drug-likeness (QED) is 0.126. The highest BCUT2D eigenvalue weighted by molar-refractivity contribution is 5.56.